The lowest BCUT2D eigenvalue weighted by molar-refractivity contribution is 0.602. The Balaban J connectivity index is 2.58. The van der Waals surface area contributed by atoms with Crippen LogP contribution in [0.25, 0.3) is 10.8 Å². The van der Waals surface area contributed by atoms with Crippen LogP contribution in [0.1, 0.15) is 25.5 Å². The van der Waals surface area contributed by atoms with Crippen LogP contribution in [0.2, 0.25) is 0 Å². The van der Waals surface area contributed by atoms with E-state index >= 15 is 0 Å². The molecule has 1 unspecified atom stereocenters. The number of nitrogens with one attached hydrogen (secondary N) is 1. The minimum absolute atomic E-state index is 0.392. The zero-order chi connectivity index (χ0) is 11.5. The van der Waals surface area contributed by atoms with Crippen molar-refractivity contribution in [3.8, 4) is 0 Å². The van der Waals surface area contributed by atoms with E-state index in [1.165, 1.54) is 16.3 Å². The second kappa shape index (κ2) is 4.98. The van der Waals surface area contributed by atoms with Gasteiger partial charge in [0.1, 0.15) is 0 Å². The molecule has 16 heavy (non-hydrogen) atoms. The molecule has 0 bridgehead atoms. The molecule has 84 valence electrons. The number of fused-ring (bicyclic) bond motifs is 1. The van der Waals surface area contributed by atoms with Gasteiger partial charge in [-0.1, -0.05) is 53.2 Å². The van der Waals surface area contributed by atoms with Crippen LogP contribution in [0.15, 0.2) is 40.9 Å². The summed E-state index contributed by atoms with van der Waals surface area (Å²) >= 11 is 3.60. The highest BCUT2D eigenvalue weighted by Crippen LogP contribution is 2.29. The van der Waals surface area contributed by atoms with Crippen molar-refractivity contribution in [3.63, 3.8) is 0 Å². The molecule has 2 rings (SSSR count). The minimum atomic E-state index is 0.392. The first-order chi connectivity index (χ1) is 7.74. The van der Waals surface area contributed by atoms with E-state index in [2.05, 4.69) is 71.5 Å². The first-order valence-electron chi connectivity index (χ1n) is 5.64. The molecule has 2 heteroatoms. The molecule has 0 saturated heterocycles. The molecular formula is C14H16BrN. The Morgan fingerprint density at radius 2 is 1.81 bits per heavy atom. The molecule has 0 fully saturated rings. The maximum atomic E-state index is 3.60. The molecule has 1 N–H and O–H groups in total. The summed E-state index contributed by atoms with van der Waals surface area (Å²) in [6.07, 6.45) is 0. The Morgan fingerprint density at radius 3 is 2.50 bits per heavy atom. The number of benzene rings is 2. The fourth-order valence-corrected chi connectivity index (χ4v) is 2.56. The first-order valence-corrected chi connectivity index (χ1v) is 6.44. The van der Waals surface area contributed by atoms with Crippen LogP contribution < -0.4 is 5.32 Å². The number of rotatable bonds is 3. The normalized spacial score (nSPS) is 12.9. The molecule has 0 aliphatic carbocycles. The summed E-state index contributed by atoms with van der Waals surface area (Å²) in [5.74, 6) is 0. The van der Waals surface area contributed by atoms with Crippen LogP contribution in [0, 0.1) is 0 Å². The second-order valence-electron chi connectivity index (χ2n) is 3.96. The Hall–Kier alpha value is -0.860. The molecule has 0 saturated carbocycles. The van der Waals surface area contributed by atoms with Crippen LogP contribution in [0.5, 0.6) is 0 Å². The van der Waals surface area contributed by atoms with E-state index in [9.17, 15) is 0 Å². The standard InChI is InChI=1S/C14H16BrN/c1-3-16-10(2)11-8-9-14(15)13-7-5-4-6-12(11)13/h4-10,16H,3H2,1-2H3. The SMILES string of the molecule is CCNC(C)c1ccc(Br)c2ccccc12. The summed E-state index contributed by atoms with van der Waals surface area (Å²) in [5, 5.41) is 6.06. The van der Waals surface area contributed by atoms with Crippen LogP contribution in [-0.2, 0) is 0 Å². The topological polar surface area (TPSA) is 12.0 Å². The van der Waals surface area contributed by atoms with E-state index in [0.29, 0.717) is 6.04 Å². The van der Waals surface area contributed by atoms with Crippen molar-refractivity contribution in [2.75, 3.05) is 6.54 Å². The summed E-state index contributed by atoms with van der Waals surface area (Å²) in [4.78, 5) is 0. The Morgan fingerprint density at radius 1 is 1.12 bits per heavy atom. The van der Waals surface area contributed by atoms with Gasteiger partial charge in [0.15, 0.2) is 0 Å². The molecule has 2 aromatic rings. The second-order valence-corrected chi connectivity index (χ2v) is 4.82. The third-order valence-electron chi connectivity index (χ3n) is 2.88. The van der Waals surface area contributed by atoms with E-state index < -0.39 is 0 Å². The average molecular weight is 278 g/mol. The number of hydrogen-bond donors (Lipinski definition) is 1. The third kappa shape index (κ3) is 2.13. The van der Waals surface area contributed by atoms with Crippen LogP contribution >= 0.6 is 15.9 Å². The fourth-order valence-electron chi connectivity index (χ4n) is 2.08. The van der Waals surface area contributed by atoms with Crippen molar-refractivity contribution in [1.82, 2.24) is 5.32 Å². The van der Waals surface area contributed by atoms with Gasteiger partial charge in [-0.3, -0.25) is 0 Å². The zero-order valence-corrected chi connectivity index (χ0v) is 11.2. The molecule has 0 spiro atoms. The van der Waals surface area contributed by atoms with Gasteiger partial charge >= 0.3 is 0 Å². The van der Waals surface area contributed by atoms with E-state index in [1.54, 1.807) is 0 Å². The zero-order valence-electron chi connectivity index (χ0n) is 9.63. The Labute approximate surface area is 105 Å². The molecule has 1 atom stereocenters. The highest BCUT2D eigenvalue weighted by Gasteiger charge is 2.09. The fraction of sp³-hybridized carbons (Fsp3) is 0.286. The summed E-state index contributed by atoms with van der Waals surface area (Å²) in [7, 11) is 0. The van der Waals surface area contributed by atoms with Crippen molar-refractivity contribution >= 4 is 26.7 Å². The lowest BCUT2D eigenvalue weighted by Gasteiger charge is -2.16. The summed E-state index contributed by atoms with van der Waals surface area (Å²) in [6.45, 7) is 5.34. The summed E-state index contributed by atoms with van der Waals surface area (Å²) < 4.78 is 1.16. The lowest BCUT2D eigenvalue weighted by atomic mass is 10.00. The highest BCUT2D eigenvalue weighted by molar-refractivity contribution is 9.10. The van der Waals surface area contributed by atoms with Gasteiger partial charge in [0.25, 0.3) is 0 Å². The Bertz CT molecular complexity index is 493. The van der Waals surface area contributed by atoms with Gasteiger partial charge in [-0.15, -0.1) is 0 Å². The maximum absolute atomic E-state index is 3.60. The molecule has 0 heterocycles. The minimum Gasteiger partial charge on any atom is -0.310 e. The predicted octanol–water partition coefficient (Wildman–Crippen LogP) is 4.27. The van der Waals surface area contributed by atoms with Gasteiger partial charge in [0, 0.05) is 10.5 Å². The van der Waals surface area contributed by atoms with E-state index in [4.69, 9.17) is 0 Å². The van der Waals surface area contributed by atoms with Gasteiger partial charge in [-0.05, 0) is 35.9 Å². The molecule has 0 amide bonds. The van der Waals surface area contributed by atoms with Crippen molar-refractivity contribution in [2.45, 2.75) is 19.9 Å². The van der Waals surface area contributed by atoms with E-state index in [-0.39, 0.29) is 0 Å². The average Bonchev–Trinajstić information content (AvgIpc) is 2.30. The number of halogens is 1. The molecule has 0 aromatic heterocycles. The summed E-state index contributed by atoms with van der Waals surface area (Å²) in [5.41, 5.74) is 1.36. The van der Waals surface area contributed by atoms with Crippen molar-refractivity contribution in [3.05, 3.63) is 46.4 Å². The summed E-state index contributed by atoms with van der Waals surface area (Å²) in [6, 6.07) is 13.2. The van der Waals surface area contributed by atoms with Crippen molar-refractivity contribution in [2.24, 2.45) is 0 Å². The molecule has 2 aromatic carbocycles. The van der Waals surface area contributed by atoms with Gasteiger partial charge in [0.05, 0.1) is 0 Å². The quantitative estimate of drug-likeness (QED) is 0.884. The number of hydrogen-bond acceptors (Lipinski definition) is 1. The highest BCUT2D eigenvalue weighted by atomic mass is 79.9. The van der Waals surface area contributed by atoms with Crippen LogP contribution in [0.4, 0.5) is 0 Å². The van der Waals surface area contributed by atoms with Gasteiger partial charge in [-0.25, -0.2) is 0 Å². The Kier molecular flexibility index (Phi) is 3.62. The molecule has 0 aliphatic heterocycles. The van der Waals surface area contributed by atoms with E-state index in [0.717, 1.165) is 11.0 Å². The smallest absolute Gasteiger partial charge is 0.0297 e. The van der Waals surface area contributed by atoms with Gasteiger partial charge in [0.2, 0.25) is 0 Å². The maximum Gasteiger partial charge on any atom is 0.0297 e. The van der Waals surface area contributed by atoms with Gasteiger partial charge < -0.3 is 5.32 Å². The largest absolute Gasteiger partial charge is 0.310 e. The van der Waals surface area contributed by atoms with Crippen molar-refractivity contribution in [1.29, 1.82) is 0 Å². The molecular weight excluding hydrogens is 262 g/mol. The van der Waals surface area contributed by atoms with Crippen LogP contribution in [0.3, 0.4) is 0 Å². The van der Waals surface area contributed by atoms with Crippen LogP contribution in [-0.4, -0.2) is 6.54 Å². The lowest BCUT2D eigenvalue weighted by Crippen LogP contribution is -2.17. The monoisotopic (exact) mass is 277 g/mol. The van der Waals surface area contributed by atoms with Gasteiger partial charge in [-0.2, -0.15) is 0 Å². The molecule has 0 radical (unpaired) electrons. The van der Waals surface area contributed by atoms with Crippen molar-refractivity contribution < 1.29 is 0 Å². The first kappa shape index (κ1) is 11.6. The third-order valence-corrected chi connectivity index (χ3v) is 3.57. The predicted molar refractivity (Wildman–Crippen MR) is 73.7 cm³/mol. The van der Waals surface area contributed by atoms with E-state index in [1.807, 2.05) is 0 Å². The molecule has 1 nitrogen and oxygen atoms in total. The molecule has 0 aliphatic rings.